The fourth-order valence-electron chi connectivity index (χ4n) is 3.48. The average Bonchev–Trinajstić information content (AvgIpc) is 3.09. The maximum absolute atomic E-state index is 12.7. The minimum Gasteiger partial charge on any atom is -0.344 e. The number of hydrogen-bond acceptors (Lipinski definition) is 3. The second kappa shape index (κ2) is 9.41. The highest BCUT2D eigenvalue weighted by Gasteiger charge is 2.31. The van der Waals surface area contributed by atoms with Crippen LogP contribution in [0.4, 0.5) is 5.69 Å². The number of rotatable bonds is 5. The SMILES string of the molecule is Cl.O=C(CCC1CCNC1)NC1CCCN(c2ccccc2Cl)C1=O. The van der Waals surface area contributed by atoms with Gasteiger partial charge < -0.3 is 15.5 Å². The zero-order chi connectivity index (χ0) is 16.9. The Morgan fingerprint density at radius 3 is 2.84 bits per heavy atom. The van der Waals surface area contributed by atoms with Crippen molar-refractivity contribution < 1.29 is 9.59 Å². The molecule has 2 aliphatic heterocycles. The Morgan fingerprint density at radius 2 is 2.12 bits per heavy atom. The molecule has 0 aliphatic carbocycles. The van der Waals surface area contributed by atoms with Crippen molar-refractivity contribution in [3.63, 3.8) is 0 Å². The van der Waals surface area contributed by atoms with E-state index in [1.165, 1.54) is 0 Å². The monoisotopic (exact) mass is 385 g/mol. The number of nitrogens with one attached hydrogen (secondary N) is 2. The largest absolute Gasteiger partial charge is 0.344 e. The number of anilines is 1. The van der Waals surface area contributed by atoms with Gasteiger partial charge in [-0.3, -0.25) is 9.59 Å². The van der Waals surface area contributed by atoms with Crippen molar-refractivity contribution in [1.82, 2.24) is 10.6 Å². The van der Waals surface area contributed by atoms with Gasteiger partial charge in [0.1, 0.15) is 6.04 Å². The van der Waals surface area contributed by atoms with Gasteiger partial charge in [-0.2, -0.15) is 0 Å². The van der Waals surface area contributed by atoms with Crippen LogP contribution in [0.15, 0.2) is 24.3 Å². The van der Waals surface area contributed by atoms with Crippen LogP contribution in [0.5, 0.6) is 0 Å². The molecule has 2 saturated heterocycles. The second-order valence-electron chi connectivity index (χ2n) is 6.60. The summed E-state index contributed by atoms with van der Waals surface area (Å²) in [5.41, 5.74) is 0.722. The van der Waals surface area contributed by atoms with Crippen molar-refractivity contribution in [1.29, 1.82) is 0 Å². The molecular weight excluding hydrogens is 361 g/mol. The Morgan fingerprint density at radius 1 is 1.32 bits per heavy atom. The first-order valence-electron chi connectivity index (χ1n) is 8.71. The Balaban J connectivity index is 0.00000225. The molecule has 2 N–H and O–H groups in total. The van der Waals surface area contributed by atoms with Crippen LogP contribution in [0.3, 0.4) is 0 Å². The van der Waals surface area contributed by atoms with Crippen molar-refractivity contribution in [2.24, 2.45) is 5.92 Å². The highest BCUT2D eigenvalue weighted by Crippen LogP contribution is 2.28. The van der Waals surface area contributed by atoms with Gasteiger partial charge in [-0.15, -0.1) is 12.4 Å². The first kappa shape index (κ1) is 20.0. The minimum atomic E-state index is -0.441. The number of carbonyl (C=O) groups excluding carboxylic acids is 2. The number of piperidine rings is 1. The molecule has 0 saturated carbocycles. The first-order chi connectivity index (χ1) is 11.6. The Hall–Kier alpha value is -1.30. The minimum absolute atomic E-state index is 0. The zero-order valence-corrected chi connectivity index (χ0v) is 15.7. The summed E-state index contributed by atoms with van der Waals surface area (Å²) in [6, 6.07) is 6.90. The molecule has 2 amide bonds. The normalized spacial score (nSPS) is 23.2. The van der Waals surface area contributed by atoms with E-state index < -0.39 is 6.04 Å². The van der Waals surface area contributed by atoms with Gasteiger partial charge in [0.2, 0.25) is 11.8 Å². The molecule has 2 aliphatic rings. The van der Waals surface area contributed by atoms with Crippen LogP contribution in [0.1, 0.15) is 32.1 Å². The van der Waals surface area contributed by atoms with Crippen molar-refractivity contribution in [3.05, 3.63) is 29.3 Å². The van der Waals surface area contributed by atoms with Gasteiger partial charge in [0.25, 0.3) is 0 Å². The van der Waals surface area contributed by atoms with Gasteiger partial charge >= 0.3 is 0 Å². The molecule has 1 aromatic carbocycles. The van der Waals surface area contributed by atoms with Gasteiger partial charge in [0.05, 0.1) is 10.7 Å². The van der Waals surface area contributed by atoms with E-state index in [2.05, 4.69) is 10.6 Å². The lowest BCUT2D eigenvalue weighted by Gasteiger charge is -2.33. The van der Waals surface area contributed by atoms with Crippen molar-refractivity contribution >= 4 is 41.5 Å². The summed E-state index contributed by atoms with van der Waals surface area (Å²) in [5, 5.41) is 6.79. The Bertz CT molecular complexity index is 606. The van der Waals surface area contributed by atoms with Crippen LogP contribution in [-0.4, -0.2) is 37.5 Å². The van der Waals surface area contributed by atoms with E-state index in [-0.39, 0.29) is 24.2 Å². The molecular formula is C18H25Cl2N3O2. The first-order valence-corrected chi connectivity index (χ1v) is 9.09. The van der Waals surface area contributed by atoms with E-state index >= 15 is 0 Å². The summed E-state index contributed by atoms with van der Waals surface area (Å²) in [5.74, 6) is 0.490. The summed E-state index contributed by atoms with van der Waals surface area (Å²) in [6.45, 7) is 2.68. The third kappa shape index (κ3) is 5.09. The van der Waals surface area contributed by atoms with Crippen molar-refractivity contribution in [2.75, 3.05) is 24.5 Å². The summed E-state index contributed by atoms with van der Waals surface area (Å²) < 4.78 is 0. The summed E-state index contributed by atoms with van der Waals surface area (Å²) in [6.07, 6.45) is 4.05. The van der Waals surface area contributed by atoms with Crippen LogP contribution in [0.2, 0.25) is 5.02 Å². The molecule has 3 rings (SSSR count). The lowest BCUT2D eigenvalue weighted by atomic mass is 10.0. The molecule has 2 heterocycles. The number of carbonyl (C=O) groups is 2. The van der Waals surface area contributed by atoms with E-state index in [0.29, 0.717) is 30.3 Å². The lowest BCUT2D eigenvalue weighted by molar-refractivity contribution is -0.128. The number of halogens is 2. The maximum Gasteiger partial charge on any atom is 0.249 e. The van der Waals surface area contributed by atoms with Crippen LogP contribution >= 0.6 is 24.0 Å². The number of benzene rings is 1. The van der Waals surface area contributed by atoms with E-state index in [9.17, 15) is 9.59 Å². The highest BCUT2D eigenvalue weighted by molar-refractivity contribution is 6.33. The van der Waals surface area contributed by atoms with E-state index in [4.69, 9.17) is 11.6 Å². The predicted octanol–water partition coefficient (Wildman–Crippen LogP) is 2.76. The molecule has 2 atom stereocenters. The lowest BCUT2D eigenvalue weighted by Crippen LogP contribution is -2.52. The number of nitrogens with zero attached hydrogens (tertiary/aromatic N) is 1. The fourth-order valence-corrected chi connectivity index (χ4v) is 3.72. The molecule has 0 aromatic heterocycles. The van der Waals surface area contributed by atoms with Crippen LogP contribution in [-0.2, 0) is 9.59 Å². The quantitative estimate of drug-likeness (QED) is 0.818. The third-order valence-corrected chi connectivity index (χ3v) is 5.18. The Labute approximate surface area is 159 Å². The molecule has 5 nitrogen and oxygen atoms in total. The zero-order valence-electron chi connectivity index (χ0n) is 14.2. The van der Waals surface area contributed by atoms with Gasteiger partial charge in [-0.1, -0.05) is 23.7 Å². The second-order valence-corrected chi connectivity index (χ2v) is 7.01. The van der Waals surface area contributed by atoms with E-state index in [0.717, 1.165) is 38.0 Å². The fraction of sp³-hybridized carbons (Fsp3) is 0.556. The van der Waals surface area contributed by atoms with Crippen molar-refractivity contribution in [3.8, 4) is 0 Å². The molecule has 2 unspecified atom stereocenters. The predicted molar refractivity (Wildman–Crippen MR) is 102 cm³/mol. The van der Waals surface area contributed by atoms with E-state index in [1.807, 2.05) is 18.2 Å². The van der Waals surface area contributed by atoms with Gasteiger partial charge in [-0.05, 0) is 56.8 Å². The molecule has 1 aromatic rings. The smallest absolute Gasteiger partial charge is 0.249 e. The highest BCUT2D eigenvalue weighted by atomic mass is 35.5. The van der Waals surface area contributed by atoms with E-state index in [1.54, 1.807) is 11.0 Å². The van der Waals surface area contributed by atoms with Crippen LogP contribution in [0, 0.1) is 5.92 Å². The molecule has 0 bridgehead atoms. The van der Waals surface area contributed by atoms with Gasteiger partial charge in [0, 0.05) is 13.0 Å². The molecule has 0 radical (unpaired) electrons. The summed E-state index contributed by atoms with van der Waals surface area (Å²) >= 11 is 6.21. The molecule has 7 heteroatoms. The number of amides is 2. The summed E-state index contributed by atoms with van der Waals surface area (Å²) in [7, 11) is 0. The topological polar surface area (TPSA) is 61.4 Å². The van der Waals surface area contributed by atoms with Crippen molar-refractivity contribution in [2.45, 2.75) is 38.1 Å². The average molecular weight is 386 g/mol. The number of para-hydroxylation sites is 1. The molecule has 138 valence electrons. The van der Waals surface area contributed by atoms with Crippen LogP contribution in [0.25, 0.3) is 0 Å². The molecule has 2 fully saturated rings. The van der Waals surface area contributed by atoms with Gasteiger partial charge in [0.15, 0.2) is 0 Å². The standard InChI is InChI=1S/C18H24ClN3O2.ClH/c19-14-4-1-2-6-16(14)22-11-3-5-15(18(22)24)21-17(23)8-7-13-9-10-20-12-13;/h1-2,4,6,13,15,20H,3,5,7-12H2,(H,21,23);1H. The Kier molecular flexibility index (Phi) is 7.54. The molecule has 0 spiro atoms. The summed E-state index contributed by atoms with van der Waals surface area (Å²) in [4.78, 5) is 26.6. The molecule has 25 heavy (non-hydrogen) atoms. The number of hydrogen-bond donors (Lipinski definition) is 2. The third-order valence-electron chi connectivity index (χ3n) is 4.86. The van der Waals surface area contributed by atoms with Crippen LogP contribution < -0.4 is 15.5 Å². The maximum atomic E-state index is 12.7. The van der Waals surface area contributed by atoms with Gasteiger partial charge in [-0.25, -0.2) is 0 Å².